The second-order valence-corrected chi connectivity index (χ2v) is 5.02. The Morgan fingerprint density at radius 1 is 1.12 bits per heavy atom. The Hall–Kier alpha value is -1.00. The van der Waals surface area contributed by atoms with Crippen LogP contribution in [0, 0.1) is 29.6 Å². The molecule has 1 nitrogen and oxygen atoms in total. The van der Waals surface area contributed by atoms with E-state index >= 15 is 0 Å². The van der Waals surface area contributed by atoms with Crippen molar-refractivity contribution in [2.24, 2.45) is 17.8 Å². The summed E-state index contributed by atoms with van der Waals surface area (Å²) < 4.78 is 0. The third kappa shape index (κ3) is 2.23. The molecule has 0 bridgehead atoms. The maximum absolute atomic E-state index is 8.75. The second kappa shape index (κ2) is 4.89. The Bertz CT molecular complexity index is 355. The molecule has 1 N–H and O–H groups in total. The molecule has 2 aliphatic carbocycles. The number of rotatable bonds is 0. The smallest absolute Gasteiger partial charge is 0.104 e. The fourth-order valence-corrected chi connectivity index (χ4v) is 3.12. The SMILES string of the molecule is C=C1CC[C@H](C#CCO)C[C@H]2C(=C)CC[C@@H]12. The number of aliphatic hydroxyl groups is 1. The lowest BCUT2D eigenvalue weighted by Crippen LogP contribution is -2.10. The lowest BCUT2D eigenvalue weighted by molar-refractivity contribution is 0.350. The molecule has 0 radical (unpaired) electrons. The molecule has 0 aliphatic heterocycles. The maximum Gasteiger partial charge on any atom is 0.104 e. The van der Waals surface area contributed by atoms with Crippen LogP contribution in [0.25, 0.3) is 0 Å². The molecule has 2 aliphatic rings. The van der Waals surface area contributed by atoms with Gasteiger partial charge in [-0.25, -0.2) is 0 Å². The van der Waals surface area contributed by atoms with Gasteiger partial charge in [0, 0.05) is 5.92 Å². The van der Waals surface area contributed by atoms with Gasteiger partial charge in [0.15, 0.2) is 0 Å². The zero-order valence-corrected chi connectivity index (χ0v) is 9.84. The third-order valence-corrected chi connectivity index (χ3v) is 4.05. The Kier molecular flexibility index (Phi) is 3.51. The largest absolute Gasteiger partial charge is 0.384 e. The monoisotopic (exact) mass is 216 g/mol. The molecule has 0 saturated heterocycles. The minimum absolute atomic E-state index is 0.0213. The van der Waals surface area contributed by atoms with Gasteiger partial charge in [-0.15, -0.1) is 0 Å². The van der Waals surface area contributed by atoms with Gasteiger partial charge in [0.2, 0.25) is 0 Å². The van der Waals surface area contributed by atoms with Crippen LogP contribution in [0.2, 0.25) is 0 Å². The van der Waals surface area contributed by atoms with Crippen LogP contribution in [0.15, 0.2) is 24.3 Å². The van der Waals surface area contributed by atoms with Gasteiger partial charge in [-0.05, 0) is 43.9 Å². The van der Waals surface area contributed by atoms with E-state index in [4.69, 9.17) is 5.11 Å². The quantitative estimate of drug-likeness (QED) is 0.487. The highest BCUT2D eigenvalue weighted by atomic mass is 16.2. The van der Waals surface area contributed by atoms with Gasteiger partial charge < -0.3 is 5.11 Å². The minimum atomic E-state index is -0.0213. The maximum atomic E-state index is 8.75. The molecule has 0 spiro atoms. The van der Waals surface area contributed by atoms with E-state index in [0.717, 1.165) is 25.7 Å². The summed E-state index contributed by atoms with van der Waals surface area (Å²) in [7, 11) is 0. The summed E-state index contributed by atoms with van der Waals surface area (Å²) in [4.78, 5) is 0. The van der Waals surface area contributed by atoms with Crippen molar-refractivity contribution in [3.05, 3.63) is 24.3 Å². The number of fused-ring (bicyclic) bond motifs is 1. The Labute approximate surface area is 98.3 Å². The van der Waals surface area contributed by atoms with Crippen molar-refractivity contribution in [3.63, 3.8) is 0 Å². The van der Waals surface area contributed by atoms with Gasteiger partial charge in [-0.1, -0.05) is 36.1 Å². The molecule has 0 heterocycles. The van der Waals surface area contributed by atoms with Crippen LogP contribution < -0.4 is 0 Å². The van der Waals surface area contributed by atoms with E-state index < -0.39 is 0 Å². The van der Waals surface area contributed by atoms with E-state index in [9.17, 15) is 0 Å². The molecule has 3 atom stereocenters. The van der Waals surface area contributed by atoms with Gasteiger partial charge in [-0.3, -0.25) is 0 Å². The van der Waals surface area contributed by atoms with Crippen molar-refractivity contribution in [2.75, 3.05) is 6.61 Å². The van der Waals surface area contributed by atoms with E-state index in [0.29, 0.717) is 17.8 Å². The standard InChI is InChI=1S/C15H20O/c1-11-5-7-13(4-3-9-16)10-15-12(2)6-8-14(11)15/h13-16H,1-2,5-10H2/t13-,14-,15-/m0/s1. The average molecular weight is 216 g/mol. The molecular weight excluding hydrogens is 196 g/mol. The summed E-state index contributed by atoms with van der Waals surface area (Å²) in [6.07, 6.45) is 5.72. The molecule has 2 fully saturated rings. The van der Waals surface area contributed by atoms with Crippen LogP contribution in [-0.4, -0.2) is 11.7 Å². The summed E-state index contributed by atoms with van der Waals surface area (Å²) in [6.45, 7) is 8.40. The summed E-state index contributed by atoms with van der Waals surface area (Å²) in [6, 6.07) is 0. The summed E-state index contributed by atoms with van der Waals surface area (Å²) in [5, 5.41) is 8.75. The lowest BCUT2D eigenvalue weighted by atomic mass is 9.85. The number of aliphatic hydroxyl groups excluding tert-OH is 1. The highest BCUT2D eigenvalue weighted by molar-refractivity contribution is 5.21. The molecule has 86 valence electrons. The first-order valence-corrected chi connectivity index (χ1v) is 6.17. The number of allylic oxidation sites excluding steroid dienone is 2. The van der Waals surface area contributed by atoms with E-state index in [-0.39, 0.29) is 6.61 Å². The summed E-state index contributed by atoms with van der Waals surface area (Å²) in [5.74, 6) is 7.67. The molecule has 0 aromatic heterocycles. The highest BCUT2D eigenvalue weighted by Crippen LogP contribution is 2.46. The van der Waals surface area contributed by atoms with Crippen molar-refractivity contribution in [1.29, 1.82) is 0 Å². The summed E-state index contributed by atoms with van der Waals surface area (Å²) in [5.41, 5.74) is 2.79. The first-order chi connectivity index (χ1) is 7.72. The van der Waals surface area contributed by atoms with Crippen molar-refractivity contribution in [2.45, 2.75) is 32.1 Å². The Morgan fingerprint density at radius 2 is 1.81 bits per heavy atom. The highest BCUT2D eigenvalue weighted by Gasteiger charge is 2.35. The topological polar surface area (TPSA) is 20.2 Å². The van der Waals surface area contributed by atoms with Gasteiger partial charge >= 0.3 is 0 Å². The van der Waals surface area contributed by atoms with Crippen molar-refractivity contribution in [3.8, 4) is 11.8 Å². The first-order valence-electron chi connectivity index (χ1n) is 6.17. The van der Waals surface area contributed by atoms with Crippen molar-refractivity contribution >= 4 is 0 Å². The average Bonchev–Trinajstić information content (AvgIpc) is 2.55. The molecule has 0 aromatic carbocycles. The molecule has 16 heavy (non-hydrogen) atoms. The van der Waals surface area contributed by atoms with Crippen LogP contribution in [0.3, 0.4) is 0 Å². The van der Waals surface area contributed by atoms with E-state index in [1.54, 1.807) is 0 Å². The fourth-order valence-electron chi connectivity index (χ4n) is 3.12. The predicted molar refractivity (Wildman–Crippen MR) is 66.7 cm³/mol. The van der Waals surface area contributed by atoms with Crippen LogP contribution in [0.1, 0.15) is 32.1 Å². The van der Waals surface area contributed by atoms with E-state index in [1.807, 2.05) is 0 Å². The van der Waals surface area contributed by atoms with E-state index in [1.165, 1.54) is 17.6 Å². The Morgan fingerprint density at radius 3 is 2.56 bits per heavy atom. The number of hydrogen-bond donors (Lipinski definition) is 1. The van der Waals surface area contributed by atoms with Gasteiger partial charge in [-0.2, -0.15) is 0 Å². The van der Waals surface area contributed by atoms with E-state index in [2.05, 4.69) is 25.0 Å². The molecule has 0 unspecified atom stereocenters. The van der Waals surface area contributed by atoms with Gasteiger partial charge in [0.1, 0.15) is 6.61 Å². The predicted octanol–water partition coefficient (Wildman–Crippen LogP) is 2.92. The molecular formula is C15H20O. The second-order valence-electron chi connectivity index (χ2n) is 5.02. The third-order valence-electron chi connectivity index (χ3n) is 4.05. The molecule has 0 amide bonds. The zero-order valence-electron chi connectivity index (χ0n) is 9.84. The first kappa shape index (κ1) is 11.5. The Balaban J connectivity index is 2.13. The lowest BCUT2D eigenvalue weighted by Gasteiger charge is -2.19. The normalized spacial score (nSPS) is 33.9. The van der Waals surface area contributed by atoms with Gasteiger partial charge in [0.05, 0.1) is 0 Å². The summed E-state index contributed by atoms with van der Waals surface area (Å²) >= 11 is 0. The van der Waals surface area contributed by atoms with Crippen molar-refractivity contribution < 1.29 is 5.11 Å². The zero-order chi connectivity index (χ0) is 11.5. The molecule has 1 heteroatoms. The van der Waals surface area contributed by atoms with Crippen LogP contribution in [0.5, 0.6) is 0 Å². The minimum Gasteiger partial charge on any atom is -0.384 e. The van der Waals surface area contributed by atoms with Crippen molar-refractivity contribution in [1.82, 2.24) is 0 Å². The van der Waals surface area contributed by atoms with Crippen LogP contribution in [0.4, 0.5) is 0 Å². The van der Waals surface area contributed by atoms with Crippen LogP contribution in [-0.2, 0) is 0 Å². The number of hydrogen-bond acceptors (Lipinski definition) is 1. The fraction of sp³-hybridized carbons (Fsp3) is 0.600. The molecule has 2 rings (SSSR count). The molecule has 0 aromatic rings. The molecule has 2 saturated carbocycles. The van der Waals surface area contributed by atoms with Crippen LogP contribution >= 0.6 is 0 Å². The van der Waals surface area contributed by atoms with Gasteiger partial charge in [0.25, 0.3) is 0 Å².